The maximum Gasteiger partial charge on any atom is 0.269 e. The third-order valence-electron chi connectivity index (χ3n) is 3.06. The molecular weight excluding hydrogens is 288 g/mol. The SMILES string of the molecule is CNCCCNC(=O)c1cc(-c2ccc(C)cc2)n[nH]1.Cl. The second-order valence-corrected chi connectivity index (χ2v) is 4.75. The molecule has 1 amide bonds. The van der Waals surface area contributed by atoms with Crippen molar-refractivity contribution in [3.63, 3.8) is 0 Å². The summed E-state index contributed by atoms with van der Waals surface area (Å²) in [6, 6.07) is 9.83. The highest BCUT2D eigenvalue weighted by atomic mass is 35.5. The van der Waals surface area contributed by atoms with Crippen molar-refractivity contribution in [2.45, 2.75) is 13.3 Å². The topological polar surface area (TPSA) is 69.8 Å². The molecule has 3 N–H and O–H groups in total. The number of H-pyrrole nitrogens is 1. The number of halogens is 1. The van der Waals surface area contributed by atoms with Gasteiger partial charge in [-0.2, -0.15) is 5.10 Å². The van der Waals surface area contributed by atoms with Crippen molar-refractivity contribution in [1.82, 2.24) is 20.8 Å². The number of amides is 1. The highest BCUT2D eigenvalue weighted by Crippen LogP contribution is 2.18. The molecule has 0 fully saturated rings. The average Bonchev–Trinajstić information content (AvgIpc) is 2.94. The molecule has 0 aliphatic rings. The molecule has 2 rings (SSSR count). The maximum atomic E-state index is 11.9. The van der Waals surface area contributed by atoms with Gasteiger partial charge in [-0.25, -0.2) is 0 Å². The Morgan fingerprint density at radius 3 is 2.62 bits per heavy atom. The van der Waals surface area contributed by atoms with E-state index in [1.807, 2.05) is 38.2 Å². The fraction of sp³-hybridized carbons (Fsp3) is 0.333. The lowest BCUT2D eigenvalue weighted by molar-refractivity contribution is 0.0948. The number of rotatable bonds is 6. The van der Waals surface area contributed by atoms with E-state index in [1.54, 1.807) is 6.07 Å². The standard InChI is InChI=1S/C15H20N4O.ClH/c1-11-4-6-12(7-5-11)13-10-14(19-18-13)15(20)17-9-3-8-16-2;/h4-7,10,16H,3,8-9H2,1-2H3,(H,17,20)(H,18,19);1H. The number of carbonyl (C=O) groups is 1. The van der Waals surface area contributed by atoms with Crippen LogP contribution in [0.1, 0.15) is 22.5 Å². The first-order valence-electron chi connectivity index (χ1n) is 6.76. The van der Waals surface area contributed by atoms with Crippen LogP contribution in [0.2, 0.25) is 0 Å². The molecule has 6 heteroatoms. The fourth-order valence-corrected chi connectivity index (χ4v) is 1.87. The van der Waals surface area contributed by atoms with Gasteiger partial charge in [-0.15, -0.1) is 12.4 Å². The van der Waals surface area contributed by atoms with Gasteiger partial charge in [-0.05, 0) is 33.0 Å². The lowest BCUT2D eigenvalue weighted by Crippen LogP contribution is -2.26. The van der Waals surface area contributed by atoms with E-state index >= 15 is 0 Å². The van der Waals surface area contributed by atoms with Gasteiger partial charge in [0.05, 0.1) is 5.69 Å². The quantitative estimate of drug-likeness (QED) is 0.716. The van der Waals surface area contributed by atoms with Crippen molar-refractivity contribution in [2.75, 3.05) is 20.1 Å². The Balaban J connectivity index is 0.00000220. The highest BCUT2D eigenvalue weighted by Gasteiger charge is 2.10. The van der Waals surface area contributed by atoms with E-state index < -0.39 is 0 Å². The van der Waals surface area contributed by atoms with E-state index in [9.17, 15) is 4.79 Å². The zero-order chi connectivity index (χ0) is 14.4. The van der Waals surface area contributed by atoms with Crippen LogP contribution in [0.3, 0.4) is 0 Å². The third kappa shape index (κ3) is 4.88. The first kappa shape index (κ1) is 17.2. The highest BCUT2D eigenvalue weighted by molar-refractivity contribution is 5.93. The maximum absolute atomic E-state index is 11.9. The van der Waals surface area contributed by atoms with Gasteiger partial charge in [0.1, 0.15) is 5.69 Å². The zero-order valence-electron chi connectivity index (χ0n) is 12.3. The molecule has 5 nitrogen and oxygen atoms in total. The van der Waals surface area contributed by atoms with Crippen molar-refractivity contribution in [1.29, 1.82) is 0 Å². The zero-order valence-corrected chi connectivity index (χ0v) is 13.1. The normalized spacial score (nSPS) is 10.0. The summed E-state index contributed by atoms with van der Waals surface area (Å²) < 4.78 is 0. The second-order valence-electron chi connectivity index (χ2n) is 4.75. The van der Waals surface area contributed by atoms with Gasteiger partial charge in [-0.3, -0.25) is 9.89 Å². The minimum absolute atomic E-state index is 0. The van der Waals surface area contributed by atoms with Crippen LogP contribution in [0.4, 0.5) is 0 Å². The van der Waals surface area contributed by atoms with Gasteiger partial charge in [0.15, 0.2) is 0 Å². The van der Waals surface area contributed by atoms with Crippen molar-refractivity contribution in [3.05, 3.63) is 41.6 Å². The number of aromatic nitrogens is 2. The second kappa shape index (κ2) is 8.44. The first-order valence-corrected chi connectivity index (χ1v) is 6.76. The van der Waals surface area contributed by atoms with Gasteiger partial charge in [0.25, 0.3) is 5.91 Å². The summed E-state index contributed by atoms with van der Waals surface area (Å²) >= 11 is 0. The molecule has 0 aliphatic heterocycles. The van der Waals surface area contributed by atoms with Crippen LogP contribution in [0, 0.1) is 6.92 Å². The molecule has 1 aromatic carbocycles. The molecule has 1 aromatic heterocycles. The number of hydrogen-bond donors (Lipinski definition) is 3. The van der Waals surface area contributed by atoms with Crippen molar-refractivity contribution in [2.24, 2.45) is 0 Å². The number of hydrogen-bond acceptors (Lipinski definition) is 3. The number of carbonyl (C=O) groups excluding carboxylic acids is 1. The molecule has 0 saturated carbocycles. The van der Waals surface area contributed by atoms with Crippen LogP contribution < -0.4 is 10.6 Å². The summed E-state index contributed by atoms with van der Waals surface area (Å²) in [5.41, 5.74) is 3.48. The molecule has 1 heterocycles. The van der Waals surface area contributed by atoms with E-state index in [2.05, 4.69) is 20.8 Å². The van der Waals surface area contributed by atoms with Crippen LogP contribution in [0.25, 0.3) is 11.3 Å². The smallest absolute Gasteiger partial charge is 0.269 e. The predicted octanol–water partition coefficient (Wildman–Crippen LogP) is 2.15. The molecular formula is C15H21ClN4O. The molecule has 0 unspecified atom stereocenters. The number of aromatic amines is 1. The average molecular weight is 309 g/mol. The van der Waals surface area contributed by atoms with Gasteiger partial charge < -0.3 is 10.6 Å². The van der Waals surface area contributed by atoms with E-state index in [0.29, 0.717) is 12.2 Å². The van der Waals surface area contributed by atoms with E-state index in [1.165, 1.54) is 5.56 Å². The van der Waals surface area contributed by atoms with Gasteiger partial charge in [0.2, 0.25) is 0 Å². The van der Waals surface area contributed by atoms with Gasteiger partial charge >= 0.3 is 0 Å². The summed E-state index contributed by atoms with van der Waals surface area (Å²) in [4.78, 5) is 11.9. The number of benzene rings is 1. The van der Waals surface area contributed by atoms with Crippen LogP contribution >= 0.6 is 12.4 Å². The minimum Gasteiger partial charge on any atom is -0.351 e. The molecule has 0 saturated heterocycles. The van der Waals surface area contributed by atoms with Gasteiger partial charge in [-0.1, -0.05) is 29.8 Å². The fourth-order valence-electron chi connectivity index (χ4n) is 1.87. The molecule has 0 aliphatic carbocycles. The Hall–Kier alpha value is -1.85. The summed E-state index contributed by atoms with van der Waals surface area (Å²) in [6.45, 7) is 3.58. The molecule has 2 aromatic rings. The monoisotopic (exact) mass is 308 g/mol. The van der Waals surface area contributed by atoms with Crippen LogP contribution in [-0.4, -0.2) is 36.2 Å². The largest absolute Gasteiger partial charge is 0.351 e. The van der Waals surface area contributed by atoms with Crippen LogP contribution in [0.5, 0.6) is 0 Å². The Labute approximate surface area is 130 Å². The summed E-state index contributed by atoms with van der Waals surface area (Å²) in [7, 11) is 1.89. The third-order valence-corrected chi connectivity index (χ3v) is 3.06. The number of aryl methyl sites for hydroxylation is 1. The Kier molecular flexibility index (Phi) is 6.91. The molecule has 0 spiro atoms. The minimum atomic E-state index is -0.119. The van der Waals surface area contributed by atoms with Crippen molar-refractivity contribution in [3.8, 4) is 11.3 Å². The summed E-state index contributed by atoms with van der Waals surface area (Å²) in [6.07, 6.45) is 0.904. The Morgan fingerprint density at radius 2 is 1.95 bits per heavy atom. The Morgan fingerprint density at radius 1 is 1.24 bits per heavy atom. The molecule has 0 bridgehead atoms. The van der Waals surface area contributed by atoms with Crippen LogP contribution in [0.15, 0.2) is 30.3 Å². The van der Waals surface area contributed by atoms with Crippen molar-refractivity contribution < 1.29 is 4.79 Å². The van der Waals surface area contributed by atoms with E-state index in [4.69, 9.17) is 0 Å². The summed E-state index contributed by atoms with van der Waals surface area (Å²) in [5, 5.41) is 12.9. The Bertz CT molecular complexity index is 565. The van der Waals surface area contributed by atoms with E-state index in [-0.39, 0.29) is 18.3 Å². The molecule has 0 radical (unpaired) electrons. The van der Waals surface area contributed by atoms with E-state index in [0.717, 1.165) is 24.2 Å². The molecule has 0 atom stereocenters. The lowest BCUT2D eigenvalue weighted by Gasteiger charge is -2.02. The summed E-state index contributed by atoms with van der Waals surface area (Å²) in [5.74, 6) is -0.119. The van der Waals surface area contributed by atoms with Gasteiger partial charge in [0, 0.05) is 12.1 Å². The predicted molar refractivity (Wildman–Crippen MR) is 86.9 cm³/mol. The number of nitrogens with one attached hydrogen (secondary N) is 3. The first-order chi connectivity index (χ1) is 9.70. The molecule has 114 valence electrons. The van der Waals surface area contributed by atoms with Crippen LogP contribution in [-0.2, 0) is 0 Å². The number of nitrogens with zero attached hydrogens (tertiary/aromatic N) is 1. The van der Waals surface area contributed by atoms with Crippen molar-refractivity contribution >= 4 is 18.3 Å². The lowest BCUT2D eigenvalue weighted by atomic mass is 10.1. The molecule has 21 heavy (non-hydrogen) atoms.